The Hall–Kier alpha value is -1.58. The van der Waals surface area contributed by atoms with Crippen molar-refractivity contribution >= 4 is 11.6 Å². The van der Waals surface area contributed by atoms with E-state index < -0.39 is 5.82 Å². The first-order valence-electron chi connectivity index (χ1n) is 6.03. The van der Waals surface area contributed by atoms with Gasteiger partial charge in [-0.15, -0.1) is 0 Å². The molecule has 0 aliphatic heterocycles. The molecule has 2 N–H and O–H groups in total. The van der Waals surface area contributed by atoms with Crippen molar-refractivity contribution in [3.05, 3.63) is 64.4 Å². The number of halogens is 2. The van der Waals surface area contributed by atoms with Gasteiger partial charge in [-0.05, 0) is 30.7 Å². The lowest BCUT2D eigenvalue weighted by Crippen LogP contribution is -2.18. The van der Waals surface area contributed by atoms with Crippen molar-refractivity contribution in [3.63, 3.8) is 0 Å². The van der Waals surface area contributed by atoms with Crippen molar-refractivity contribution in [1.29, 1.82) is 0 Å². The molecular weight excluding hydrogens is 265 g/mol. The Morgan fingerprint density at radius 3 is 2.74 bits per heavy atom. The van der Waals surface area contributed by atoms with E-state index in [1.54, 1.807) is 12.1 Å². The third kappa shape index (κ3) is 3.46. The molecule has 0 saturated carbocycles. The molecule has 0 fully saturated rings. The van der Waals surface area contributed by atoms with Crippen LogP contribution in [0.2, 0.25) is 5.02 Å². The second-order valence-corrected chi connectivity index (χ2v) is 4.84. The Labute approximate surface area is 116 Å². The second kappa shape index (κ2) is 6.04. The second-order valence-electron chi connectivity index (χ2n) is 4.41. The van der Waals surface area contributed by atoms with E-state index in [1.165, 1.54) is 6.07 Å². The third-order valence-corrected chi connectivity index (χ3v) is 3.25. The van der Waals surface area contributed by atoms with Crippen LogP contribution in [0.25, 0.3) is 0 Å². The minimum absolute atomic E-state index is 0.0568. The van der Waals surface area contributed by atoms with Crippen LogP contribution < -0.4 is 5.32 Å². The van der Waals surface area contributed by atoms with Crippen LogP contribution in [0, 0.1) is 5.82 Å². The number of phenols is 1. The van der Waals surface area contributed by atoms with Crippen LogP contribution in [0.1, 0.15) is 24.1 Å². The fraction of sp³-hybridized carbons (Fsp3) is 0.200. The van der Waals surface area contributed by atoms with Crippen molar-refractivity contribution in [1.82, 2.24) is 5.32 Å². The molecular formula is C15H15ClFNO. The maximum atomic E-state index is 13.2. The van der Waals surface area contributed by atoms with Crippen molar-refractivity contribution in [3.8, 4) is 5.75 Å². The summed E-state index contributed by atoms with van der Waals surface area (Å²) in [6, 6.07) is 12.1. The summed E-state index contributed by atoms with van der Waals surface area (Å²) in [6.07, 6.45) is 0. The summed E-state index contributed by atoms with van der Waals surface area (Å²) in [6.45, 7) is 2.37. The van der Waals surface area contributed by atoms with Crippen LogP contribution in [0.5, 0.6) is 5.75 Å². The van der Waals surface area contributed by atoms with Crippen LogP contribution in [-0.4, -0.2) is 5.11 Å². The minimum atomic E-state index is -0.602. The van der Waals surface area contributed by atoms with E-state index in [-0.39, 0.29) is 11.8 Å². The van der Waals surface area contributed by atoms with Gasteiger partial charge in [-0.25, -0.2) is 4.39 Å². The minimum Gasteiger partial charge on any atom is -0.505 e. The molecule has 2 aromatic rings. The molecule has 0 amide bonds. The summed E-state index contributed by atoms with van der Waals surface area (Å²) in [7, 11) is 0. The average molecular weight is 280 g/mol. The first-order chi connectivity index (χ1) is 9.08. The molecule has 2 rings (SSSR count). The summed E-state index contributed by atoms with van der Waals surface area (Å²) in [4.78, 5) is 0. The van der Waals surface area contributed by atoms with E-state index in [0.29, 0.717) is 17.1 Å². The van der Waals surface area contributed by atoms with Crippen molar-refractivity contribution in [2.45, 2.75) is 19.5 Å². The van der Waals surface area contributed by atoms with E-state index in [2.05, 4.69) is 5.32 Å². The standard InChI is InChI=1S/C15H15ClFNO/c1-10(11-4-2-6-13(16)8-11)18-9-12-5-3-7-14(17)15(12)19/h2-8,10,18-19H,9H2,1H3/t10-/m0/s1. The monoisotopic (exact) mass is 279 g/mol. The van der Waals surface area contributed by atoms with Crippen molar-refractivity contribution < 1.29 is 9.50 Å². The molecule has 0 aliphatic carbocycles. The number of para-hydroxylation sites is 1. The number of hydrogen-bond acceptors (Lipinski definition) is 2. The lowest BCUT2D eigenvalue weighted by atomic mass is 10.1. The van der Waals surface area contributed by atoms with E-state index in [0.717, 1.165) is 5.56 Å². The van der Waals surface area contributed by atoms with Crippen LogP contribution >= 0.6 is 11.6 Å². The molecule has 0 aromatic heterocycles. The van der Waals surface area contributed by atoms with Gasteiger partial charge in [0, 0.05) is 23.2 Å². The highest BCUT2D eigenvalue weighted by Gasteiger charge is 2.09. The predicted octanol–water partition coefficient (Wildman–Crippen LogP) is 4.04. The molecule has 0 unspecified atom stereocenters. The van der Waals surface area contributed by atoms with E-state index in [9.17, 15) is 9.50 Å². The topological polar surface area (TPSA) is 32.3 Å². The Bertz CT molecular complexity index is 574. The van der Waals surface area contributed by atoms with Crippen molar-refractivity contribution in [2.24, 2.45) is 0 Å². The molecule has 19 heavy (non-hydrogen) atoms. The number of hydrogen-bond donors (Lipinski definition) is 2. The number of phenolic OH excluding ortho intramolecular Hbond substituents is 1. The molecule has 2 nitrogen and oxygen atoms in total. The normalized spacial score (nSPS) is 12.4. The third-order valence-electron chi connectivity index (χ3n) is 3.02. The van der Waals surface area contributed by atoms with Crippen LogP contribution in [0.3, 0.4) is 0 Å². The predicted molar refractivity (Wildman–Crippen MR) is 74.8 cm³/mol. The van der Waals surface area contributed by atoms with Gasteiger partial charge < -0.3 is 10.4 Å². The molecule has 0 aliphatic rings. The molecule has 0 spiro atoms. The summed E-state index contributed by atoms with van der Waals surface area (Å²) in [5.41, 5.74) is 1.58. The highest BCUT2D eigenvalue weighted by Crippen LogP contribution is 2.22. The Morgan fingerprint density at radius 2 is 2.00 bits per heavy atom. The van der Waals surface area contributed by atoms with Gasteiger partial charge in [0.1, 0.15) is 0 Å². The maximum absolute atomic E-state index is 13.2. The molecule has 100 valence electrons. The summed E-state index contributed by atoms with van der Waals surface area (Å²) in [5, 5.41) is 13.5. The fourth-order valence-corrected chi connectivity index (χ4v) is 2.06. The number of aromatic hydroxyl groups is 1. The lowest BCUT2D eigenvalue weighted by Gasteiger charge is -2.15. The zero-order valence-electron chi connectivity index (χ0n) is 10.5. The van der Waals surface area contributed by atoms with Gasteiger partial charge in [0.15, 0.2) is 11.6 Å². The largest absolute Gasteiger partial charge is 0.505 e. The number of nitrogens with one attached hydrogen (secondary N) is 1. The Kier molecular flexibility index (Phi) is 4.40. The molecule has 0 radical (unpaired) electrons. The zero-order valence-corrected chi connectivity index (χ0v) is 11.3. The zero-order chi connectivity index (χ0) is 13.8. The molecule has 2 aromatic carbocycles. The fourth-order valence-electron chi connectivity index (χ4n) is 1.86. The molecule has 0 heterocycles. The summed E-state index contributed by atoms with van der Waals surface area (Å²) in [5.74, 6) is -0.900. The van der Waals surface area contributed by atoms with E-state index >= 15 is 0 Å². The van der Waals surface area contributed by atoms with E-state index in [4.69, 9.17) is 11.6 Å². The van der Waals surface area contributed by atoms with Gasteiger partial charge in [-0.1, -0.05) is 35.9 Å². The van der Waals surface area contributed by atoms with Gasteiger partial charge in [0.05, 0.1) is 0 Å². The van der Waals surface area contributed by atoms with Crippen LogP contribution in [-0.2, 0) is 6.54 Å². The van der Waals surface area contributed by atoms with Gasteiger partial charge in [0.25, 0.3) is 0 Å². The van der Waals surface area contributed by atoms with Gasteiger partial charge in [-0.3, -0.25) is 0 Å². The molecule has 1 atom stereocenters. The van der Waals surface area contributed by atoms with Gasteiger partial charge in [-0.2, -0.15) is 0 Å². The SMILES string of the molecule is C[C@H](NCc1cccc(F)c1O)c1cccc(Cl)c1. The maximum Gasteiger partial charge on any atom is 0.165 e. The van der Waals surface area contributed by atoms with Crippen LogP contribution in [0.15, 0.2) is 42.5 Å². The molecule has 0 bridgehead atoms. The van der Waals surface area contributed by atoms with E-state index in [1.807, 2.05) is 31.2 Å². The summed E-state index contributed by atoms with van der Waals surface area (Å²) >= 11 is 5.93. The highest BCUT2D eigenvalue weighted by atomic mass is 35.5. The smallest absolute Gasteiger partial charge is 0.165 e. The molecule has 4 heteroatoms. The van der Waals surface area contributed by atoms with Crippen molar-refractivity contribution in [2.75, 3.05) is 0 Å². The lowest BCUT2D eigenvalue weighted by molar-refractivity contribution is 0.421. The first-order valence-corrected chi connectivity index (χ1v) is 6.41. The average Bonchev–Trinajstić information content (AvgIpc) is 2.40. The summed E-state index contributed by atoms with van der Waals surface area (Å²) < 4.78 is 13.2. The van der Waals surface area contributed by atoms with Gasteiger partial charge >= 0.3 is 0 Å². The highest BCUT2D eigenvalue weighted by molar-refractivity contribution is 6.30. The molecule has 0 saturated heterocycles. The van der Waals surface area contributed by atoms with Gasteiger partial charge in [0.2, 0.25) is 0 Å². The Morgan fingerprint density at radius 1 is 1.26 bits per heavy atom. The number of benzene rings is 2. The Balaban J connectivity index is 2.04. The van der Waals surface area contributed by atoms with Crippen LogP contribution in [0.4, 0.5) is 4.39 Å². The first kappa shape index (κ1) is 13.8. The number of rotatable bonds is 4. The quantitative estimate of drug-likeness (QED) is 0.885.